The van der Waals surface area contributed by atoms with Crippen LogP contribution >= 0.6 is 11.8 Å². The summed E-state index contributed by atoms with van der Waals surface area (Å²) in [5.74, 6) is 0.800. The van der Waals surface area contributed by atoms with Gasteiger partial charge in [0.15, 0.2) is 0 Å². The van der Waals surface area contributed by atoms with E-state index >= 15 is 0 Å². The molecule has 1 heterocycles. The van der Waals surface area contributed by atoms with Gasteiger partial charge in [-0.3, -0.25) is 0 Å². The second kappa shape index (κ2) is 5.97. The predicted molar refractivity (Wildman–Crippen MR) is 79.9 cm³/mol. The lowest BCUT2D eigenvalue weighted by Crippen LogP contribution is -1.94. The Morgan fingerprint density at radius 3 is 2.63 bits per heavy atom. The molecular weight excluding hydrogens is 256 g/mol. The molecule has 100 valence electrons. The van der Waals surface area contributed by atoms with E-state index in [1.54, 1.807) is 11.8 Å². The number of anilines is 1. The highest BCUT2D eigenvalue weighted by molar-refractivity contribution is 7.99. The first-order valence-corrected chi connectivity index (χ1v) is 7.05. The average molecular weight is 274 g/mol. The highest BCUT2D eigenvalue weighted by Crippen LogP contribution is 2.31. The number of hydrogen-bond donors (Lipinski definition) is 1. The van der Waals surface area contributed by atoms with Crippen molar-refractivity contribution < 1.29 is 4.74 Å². The number of rotatable bonds is 4. The van der Waals surface area contributed by atoms with Gasteiger partial charge in [-0.25, -0.2) is 4.98 Å². The summed E-state index contributed by atoms with van der Waals surface area (Å²) in [5, 5.41) is 0.977. The third-order valence-electron chi connectivity index (χ3n) is 2.51. The summed E-state index contributed by atoms with van der Waals surface area (Å²) in [5.41, 5.74) is 8.83. The fraction of sp³-hybridized carbons (Fsp3) is 0.267. The highest BCUT2D eigenvalue weighted by atomic mass is 32.2. The third-order valence-corrected chi connectivity index (χ3v) is 3.40. The van der Waals surface area contributed by atoms with Gasteiger partial charge in [0.05, 0.1) is 6.61 Å². The van der Waals surface area contributed by atoms with Crippen molar-refractivity contribution in [1.29, 1.82) is 0 Å². The fourth-order valence-electron chi connectivity index (χ4n) is 1.88. The van der Waals surface area contributed by atoms with Gasteiger partial charge < -0.3 is 10.5 Å². The van der Waals surface area contributed by atoms with E-state index in [4.69, 9.17) is 10.5 Å². The number of aryl methyl sites for hydroxylation is 2. The van der Waals surface area contributed by atoms with Crippen LogP contribution < -0.4 is 10.5 Å². The maximum atomic E-state index is 5.89. The highest BCUT2D eigenvalue weighted by Gasteiger charge is 2.04. The molecule has 0 saturated heterocycles. The minimum atomic E-state index is 0.634. The van der Waals surface area contributed by atoms with Crippen molar-refractivity contribution in [3.05, 3.63) is 41.6 Å². The van der Waals surface area contributed by atoms with Crippen molar-refractivity contribution in [1.82, 2.24) is 4.98 Å². The Labute approximate surface area is 118 Å². The maximum absolute atomic E-state index is 5.89. The molecule has 1 aromatic heterocycles. The molecule has 4 heteroatoms. The lowest BCUT2D eigenvalue weighted by molar-refractivity contribution is 0.339. The molecule has 19 heavy (non-hydrogen) atoms. The van der Waals surface area contributed by atoms with Crippen molar-refractivity contribution in [2.75, 3.05) is 12.3 Å². The van der Waals surface area contributed by atoms with Gasteiger partial charge in [-0.2, -0.15) is 0 Å². The Kier molecular flexibility index (Phi) is 4.32. The first-order chi connectivity index (χ1) is 9.06. The molecule has 2 rings (SSSR count). The fourth-order valence-corrected chi connectivity index (χ4v) is 2.93. The van der Waals surface area contributed by atoms with Gasteiger partial charge in [0.25, 0.3) is 0 Å². The largest absolute Gasteiger partial charge is 0.494 e. The van der Waals surface area contributed by atoms with Gasteiger partial charge in [-0.05, 0) is 50.6 Å². The molecule has 3 nitrogen and oxygen atoms in total. The lowest BCUT2D eigenvalue weighted by atomic mass is 10.3. The van der Waals surface area contributed by atoms with Gasteiger partial charge in [-0.15, -0.1) is 0 Å². The predicted octanol–water partition coefficient (Wildman–Crippen LogP) is 3.83. The summed E-state index contributed by atoms with van der Waals surface area (Å²) in [6, 6.07) is 9.90. The van der Waals surface area contributed by atoms with Crippen LogP contribution in [0.4, 0.5) is 5.69 Å². The van der Waals surface area contributed by atoms with Crippen molar-refractivity contribution in [3.63, 3.8) is 0 Å². The summed E-state index contributed by atoms with van der Waals surface area (Å²) in [4.78, 5) is 5.56. The molecule has 0 aliphatic heterocycles. The van der Waals surface area contributed by atoms with Crippen molar-refractivity contribution >= 4 is 17.4 Å². The monoisotopic (exact) mass is 274 g/mol. The molecule has 0 amide bonds. The summed E-state index contributed by atoms with van der Waals surface area (Å²) < 4.78 is 5.50. The topological polar surface area (TPSA) is 48.1 Å². The average Bonchev–Trinajstić information content (AvgIpc) is 2.26. The number of pyridine rings is 1. The zero-order valence-electron chi connectivity index (χ0n) is 11.4. The molecule has 0 bridgehead atoms. The van der Waals surface area contributed by atoms with Crippen LogP contribution in [0.1, 0.15) is 18.2 Å². The molecule has 2 aromatic rings. The molecular formula is C15H18N2OS. The van der Waals surface area contributed by atoms with E-state index in [0.29, 0.717) is 12.3 Å². The van der Waals surface area contributed by atoms with Crippen LogP contribution in [0.25, 0.3) is 0 Å². The van der Waals surface area contributed by atoms with Gasteiger partial charge in [0.1, 0.15) is 10.8 Å². The number of nitrogens with zero attached hydrogens (tertiary/aromatic N) is 1. The van der Waals surface area contributed by atoms with Crippen molar-refractivity contribution in [2.45, 2.75) is 30.7 Å². The van der Waals surface area contributed by atoms with E-state index in [1.807, 2.05) is 32.0 Å². The van der Waals surface area contributed by atoms with Crippen LogP contribution in [0.3, 0.4) is 0 Å². The summed E-state index contributed by atoms with van der Waals surface area (Å²) >= 11 is 1.60. The van der Waals surface area contributed by atoms with Crippen molar-refractivity contribution in [2.24, 2.45) is 0 Å². The molecule has 0 radical (unpaired) electrons. The standard InChI is InChI=1S/C15H18N2OS/c1-4-18-13-7-12(16)8-14(9-13)19-15-6-10(2)5-11(3)17-15/h5-9H,4,16H2,1-3H3. The van der Waals surface area contributed by atoms with Crippen LogP contribution in [0.15, 0.2) is 40.3 Å². The first-order valence-electron chi connectivity index (χ1n) is 6.23. The zero-order valence-corrected chi connectivity index (χ0v) is 12.3. The summed E-state index contributed by atoms with van der Waals surface area (Å²) in [6.07, 6.45) is 0. The smallest absolute Gasteiger partial charge is 0.122 e. The number of aromatic nitrogens is 1. The van der Waals surface area contributed by atoms with Crippen LogP contribution in [0, 0.1) is 13.8 Å². The minimum Gasteiger partial charge on any atom is -0.494 e. The van der Waals surface area contributed by atoms with Gasteiger partial charge in [-0.1, -0.05) is 11.8 Å². The van der Waals surface area contributed by atoms with Crippen LogP contribution in [-0.4, -0.2) is 11.6 Å². The van der Waals surface area contributed by atoms with E-state index in [-0.39, 0.29) is 0 Å². The summed E-state index contributed by atoms with van der Waals surface area (Å²) in [6.45, 7) is 6.67. The van der Waals surface area contributed by atoms with Crippen LogP contribution in [0.2, 0.25) is 0 Å². The number of nitrogen functional groups attached to an aromatic ring is 1. The number of hydrogen-bond acceptors (Lipinski definition) is 4. The maximum Gasteiger partial charge on any atom is 0.122 e. The SMILES string of the molecule is CCOc1cc(N)cc(Sc2cc(C)cc(C)n2)c1. The Hall–Kier alpha value is -1.68. The van der Waals surface area contributed by atoms with E-state index in [9.17, 15) is 0 Å². The van der Waals surface area contributed by atoms with Crippen LogP contribution in [-0.2, 0) is 0 Å². The lowest BCUT2D eigenvalue weighted by Gasteiger charge is -2.08. The Morgan fingerprint density at radius 1 is 1.16 bits per heavy atom. The molecule has 0 aliphatic rings. The van der Waals surface area contributed by atoms with Crippen molar-refractivity contribution in [3.8, 4) is 5.75 Å². The molecule has 0 fully saturated rings. The van der Waals surface area contributed by atoms with Gasteiger partial charge in [0.2, 0.25) is 0 Å². The number of benzene rings is 1. The van der Waals surface area contributed by atoms with Crippen LogP contribution in [0.5, 0.6) is 5.75 Å². The molecule has 0 saturated carbocycles. The molecule has 2 N–H and O–H groups in total. The molecule has 0 aliphatic carbocycles. The van der Waals surface area contributed by atoms with E-state index in [1.165, 1.54) is 5.56 Å². The molecule has 0 atom stereocenters. The molecule has 0 spiro atoms. The van der Waals surface area contributed by atoms with E-state index < -0.39 is 0 Å². The second-order valence-electron chi connectivity index (χ2n) is 4.40. The molecule has 1 aromatic carbocycles. The third kappa shape index (κ3) is 3.89. The Morgan fingerprint density at radius 2 is 1.95 bits per heavy atom. The normalized spacial score (nSPS) is 10.5. The Balaban J connectivity index is 2.27. The minimum absolute atomic E-state index is 0.634. The van der Waals surface area contributed by atoms with Gasteiger partial charge in [0, 0.05) is 22.3 Å². The second-order valence-corrected chi connectivity index (χ2v) is 5.49. The number of ether oxygens (including phenoxy) is 1. The van der Waals surface area contributed by atoms with E-state index in [0.717, 1.165) is 21.4 Å². The molecule has 0 unspecified atom stereocenters. The summed E-state index contributed by atoms with van der Waals surface area (Å²) in [7, 11) is 0. The quantitative estimate of drug-likeness (QED) is 0.861. The number of nitrogens with two attached hydrogens (primary N) is 1. The van der Waals surface area contributed by atoms with Gasteiger partial charge >= 0.3 is 0 Å². The van der Waals surface area contributed by atoms with E-state index in [2.05, 4.69) is 24.0 Å². The first kappa shape index (κ1) is 13.7. The zero-order chi connectivity index (χ0) is 13.8. The Bertz CT molecular complexity index is 564.